The van der Waals surface area contributed by atoms with Crippen molar-refractivity contribution in [2.75, 3.05) is 20.2 Å². The van der Waals surface area contributed by atoms with Crippen LogP contribution in [0.3, 0.4) is 0 Å². The number of likely N-dealkylation sites (tertiary alicyclic amines) is 1. The Morgan fingerprint density at radius 2 is 1.93 bits per heavy atom. The van der Waals surface area contributed by atoms with Crippen LogP contribution in [0.15, 0.2) is 54.6 Å². The Morgan fingerprint density at radius 3 is 2.59 bits per heavy atom. The minimum atomic E-state index is -4.97. The predicted octanol–water partition coefficient (Wildman–Crippen LogP) is 1.39. The predicted molar refractivity (Wildman–Crippen MR) is 149 cm³/mol. The highest BCUT2D eigenvalue weighted by molar-refractivity contribution is 7.86. The second-order valence-electron chi connectivity index (χ2n) is 10.5. The van der Waals surface area contributed by atoms with Crippen LogP contribution in [0.25, 0.3) is 10.9 Å². The lowest BCUT2D eigenvalue weighted by Crippen LogP contribution is -2.54. The molecule has 12 nitrogen and oxygen atoms in total. The Balaban J connectivity index is 1.45. The van der Waals surface area contributed by atoms with E-state index >= 15 is 0 Å². The SMILES string of the molecule is COc1cccc2[nH]c(C(=O)N3C[C@H](c4ccccc4)C[C@H]3C(=O)N[C@@H](C[C@@H]3CCNC3=O)C(O)S(=O)(=O)O)cc12. The van der Waals surface area contributed by atoms with Gasteiger partial charge in [0.2, 0.25) is 17.3 Å². The van der Waals surface area contributed by atoms with Crippen molar-refractivity contribution in [2.45, 2.75) is 42.7 Å². The lowest BCUT2D eigenvalue weighted by Gasteiger charge is -2.28. The summed E-state index contributed by atoms with van der Waals surface area (Å²) in [6.07, 6.45) is 0.421. The molecule has 0 radical (unpaired) electrons. The fourth-order valence-corrected chi connectivity index (χ4v) is 6.35. The number of hydrogen-bond acceptors (Lipinski definition) is 7. The fourth-order valence-electron chi connectivity index (χ4n) is 5.76. The number of benzene rings is 2. The van der Waals surface area contributed by atoms with Gasteiger partial charge in [-0.2, -0.15) is 8.42 Å². The first-order chi connectivity index (χ1) is 19.6. The monoisotopic (exact) mass is 584 g/mol. The Labute approximate surface area is 236 Å². The summed E-state index contributed by atoms with van der Waals surface area (Å²) in [7, 11) is -3.44. The number of aliphatic hydroxyl groups is 1. The summed E-state index contributed by atoms with van der Waals surface area (Å²) in [4.78, 5) is 44.2. The number of H-pyrrole nitrogens is 1. The third-order valence-electron chi connectivity index (χ3n) is 7.89. The van der Waals surface area contributed by atoms with Crippen LogP contribution < -0.4 is 15.4 Å². The lowest BCUT2D eigenvalue weighted by molar-refractivity contribution is -0.127. The number of nitrogens with one attached hydrogen (secondary N) is 3. The summed E-state index contributed by atoms with van der Waals surface area (Å²) in [5.41, 5.74) is -0.501. The molecular weight excluding hydrogens is 552 g/mol. The van der Waals surface area contributed by atoms with Gasteiger partial charge in [0.1, 0.15) is 17.5 Å². The number of methoxy groups -OCH3 is 1. The summed E-state index contributed by atoms with van der Waals surface area (Å²) >= 11 is 0. The average Bonchev–Trinajstić information content (AvgIpc) is 3.70. The van der Waals surface area contributed by atoms with Crippen molar-refractivity contribution < 1.29 is 37.2 Å². The highest BCUT2D eigenvalue weighted by atomic mass is 32.2. The van der Waals surface area contributed by atoms with Gasteiger partial charge < -0.3 is 30.4 Å². The van der Waals surface area contributed by atoms with Gasteiger partial charge in [-0.15, -0.1) is 0 Å². The number of amides is 3. The third kappa shape index (κ3) is 5.92. The van der Waals surface area contributed by atoms with E-state index in [-0.39, 0.29) is 36.9 Å². The van der Waals surface area contributed by atoms with Gasteiger partial charge in [0.05, 0.1) is 13.2 Å². The quantitative estimate of drug-likeness (QED) is 0.234. The van der Waals surface area contributed by atoms with Gasteiger partial charge in [-0.25, -0.2) is 0 Å². The minimum Gasteiger partial charge on any atom is -0.496 e. The Morgan fingerprint density at radius 1 is 1.17 bits per heavy atom. The number of rotatable bonds is 9. The summed E-state index contributed by atoms with van der Waals surface area (Å²) in [6, 6.07) is 13.9. The number of aromatic nitrogens is 1. The lowest BCUT2D eigenvalue weighted by atomic mass is 9.95. The van der Waals surface area contributed by atoms with Crippen molar-refractivity contribution in [1.82, 2.24) is 20.5 Å². The first-order valence-corrected chi connectivity index (χ1v) is 14.8. The van der Waals surface area contributed by atoms with E-state index in [1.54, 1.807) is 24.3 Å². The molecule has 3 amide bonds. The van der Waals surface area contributed by atoms with Gasteiger partial charge in [0.25, 0.3) is 16.0 Å². The molecule has 3 aromatic rings. The van der Waals surface area contributed by atoms with Crippen LogP contribution in [-0.4, -0.2) is 83.4 Å². The van der Waals surface area contributed by atoms with Crippen LogP contribution in [0.5, 0.6) is 5.75 Å². The van der Waals surface area contributed by atoms with Gasteiger partial charge in [0.15, 0.2) is 0 Å². The molecule has 1 unspecified atom stereocenters. The fraction of sp³-hybridized carbons (Fsp3) is 0.393. The van der Waals surface area contributed by atoms with Gasteiger partial charge in [-0.3, -0.25) is 18.9 Å². The minimum absolute atomic E-state index is 0.194. The van der Waals surface area contributed by atoms with E-state index in [1.165, 1.54) is 12.0 Å². The molecular formula is C28H32N4O8S. The third-order valence-corrected chi connectivity index (χ3v) is 8.83. The second-order valence-corrected chi connectivity index (χ2v) is 12.0. The number of nitrogens with zero attached hydrogens (tertiary/aromatic N) is 1. The van der Waals surface area contributed by atoms with E-state index in [9.17, 15) is 32.5 Å². The molecule has 2 fully saturated rings. The van der Waals surface area contributed by atoms with Crippen molar-refractivity contribution in [1.29, 1.82) is 0 Å². The second kappa shape index (κ2) is 11.5. The molecule has 13 heteroatoms. The number of ether oxygens (including phenoxy) is 1. The number of aromatic amines is 1. The van der Waals surface area contributed by atoms with E-state index in [4.69, 9.17) is 4.74 Å². The van der Waals surface area contributed by atoms with Crippen LogP contribution >= 0.6 is 0 Å². The largest absolute Gasteiger partial charge is 0.496 e. The number of fused-ring (bicyclic) bond motifs is 1. The van der Waals surface area contributed by atoms with Crippen molar-refractivity contribution in [3.63, 3.8) is 0 Å². The maximum atomic E-state index is 13.8. The van der Waals surface area contributed by atoms with E-state index in [0.717, 1.165) is 5.56 Å². The van der Waals surface area contributed by atoms with E-state index in [1.807, 2.05) is 30.3 Å². The van der Waals surface area contributed by atoms with Crippen LogP contribution in [-0.2, 0) is 19.7 Å². The molecule has 218 valence electrons. The molecule has 3 heterocycles. The summed E-state index contributed by atoms with van der Waals surface area (Å²) in [5.74, 6) is -1.74. The summed E-state index contributed by atoms with van der Waals surface area (Å²) < 4.78 is 38.6. The maximum absolute atomic E-state index is 13.8. The zero-order valence-electron chi connectivity index (χ0n) is 22.3. The Kier molecular flexibility index (Phi) is 8.02. The summed E-state index contributed by atoms with van der Waals surface area (Å²) in [6.45, 7) is 0.592. The van der Waals surface area contributed by atoms with Crippen molar-refractivity contribution in [3.05, 3.63) is 65.9 Å². The van der Waals surface area contributed by atoms with E-state index < -0.39 is 45.4 Å². The van der Waals surface area contributed by atoms with Gasteiger partial charge in [-0.1, -0.05) is 36.4 Å². The first kappa shape index (κ1) is 28.6. The van der Waals surface area contributed by atoms with Gasteiger partial charge in [-0.05, 0) is 43.0 Å². The van der Waals surface area contributed by atoms with Crippen molar-refractivity contribution in [2.24, 2.45) is 5.92 Å². The molecule has 5 rings (SSSR count). The molecule has 2 aliphatic rings. The van der Waals surface area contributed by atoms with Crippen LogP contribution in [0.4, 0.5) is 0 Å². The average molecular weight is 585 g/mol. The molecule has 1 aromatic heterocycles. The van der Waals surface area contributed by atoms with Crippen LogP contribution in [0, 0.1) is 5.92 Å². The molecule has 0 bridgehead atoms. The first-order valence-electron chi connectivity index (χ1n) is 13.3. The molecule has 41 heavy (non-hydrogen) atoms. The smallest absolute Gasteiger partial charge is 0.294 e. The zero-order chi connectivity index (χ0) is 29.3. The highest BCUT2D eigenvalue weighted by Crippen LogP contribution is 2.34. The standard InChI is InChI=1S/C28H32N4O8S/c1-40-24-9-5-8-20-19(24)14-21(30-20)27(35)32-15-18(16-6-3-2-4-7-16)13-23(32)26(34)31-22(28(36)41(37,38)39)12-17-10-11-29-25(17)33/h2-9,14,17-18,22-23,28,30,36H,10-13,15H2,1H3,(H,29,33)(H,31,34)(H,37,38,39)/t17-,18+,22-,23-,28?/m0/s1. The number of hydrogen-bond donors (Lipinski definition) is 5. The van der Waals surface area contributed by atoms with Crippen LogP contribution in [0.2, 0.25) is 0 Å². The Bertz CT molecular complexity index is 1560. The van der Waals surface area contributed by atoms with Gasteiger partial charge in [0, 0.05) is 35.8 Å². The molecule has 0 spiro atoms. The topological polar surface area (TPSA) is 178 Å². The number of aliphatic hydroxyl groups excluding tert-OH is 1. The van der Waals surface area contributed by atoms with Gasteiger partial charge >= 0.3 is 0 Å². The molecule has 2 aliphatic heterocycles. The van der Waals surface area contributed by atoms with Crippen LogP contribution in [0.1, 0.15) is 41.2 Å². The number of carbonyl (C=O) groups is 3. The summed E-state index contributed by atoms with van der Waals surface area (Å²) in [5, 5.41) is 16.3. The molecule has 2 saturated heterocycles. The molecule has 2 aromatic carbocycles. The normalized spacial score (nSPS) is 22.4. The van der Waals surface area contributed by atoms with Crippen molar-refractivity contribution in [3.8, 4) is 5.75 Å². The molecule has 5 atom stereocenters. The molecule has 5 N–H and O–H groups in total. The zero-order valence-corrected chi connectivity index (χ0v) is 23.1. The van der Waals surface area contributed by atoms with E-state index in [0.29, 0.717) is 29.6 Å². The highest BCUT2D eigenvalue weighted by Gasteiger charge is 2.43. The number of carbonyl (C=O) groups excluding carboxylic acids is 3. The molecule has 0 aliphatic carbocycles. The van der Waals surface area contributed by atoms with E-state index in [2.05, 4.69) is 15.6 Å². The molecule has 0 saturated carbocycles. The maximum Gasteiger partial charge on any atom is 0.294 e. The Hall–Kier alpha value is -3.94. The van der Waals surface area contributed by atoms with Crippen molar-refractivity contribution >= 4 is 38.7 Å².